The Kier molecular flexibility index (Phi) is 4.96. The molecule has 0 aliphatic carbocycles. The van der Waals surface area contributed by atoms with Crippen molar-refractivity contribution in [3.8, 4) is 0 Å². The molecular weight excluding hydrogens is 322 g/mol. The van der Waals surface area contributed by atoms with Crippen LogP contribution in [0.25, 0.3) is 0 Å². The zero-order valence-corrected chi connectivity index (χ0v) is 13.5. The summed E-state index contributed by atoms with van der Waals surface area (Å²) in [5.41, 5.74) is 0.949. The molecule has 2 aromatic rings. The van der Waals surface area contributed by atoms with Gasteiger partial charge in [-0.15, -0.1) is 10.2 Å². The predicted molar refractivity (Wildman–Crippen MR) is 82.8 cm³/mol. The first-order valence-corrected chi connectivity index (χ1v) is 8.35. The van der Waals surface area contributed by atoms with Crippen LogP contribution in [0, 0.1) is 6.92 Å². The van der Waals surface area contributed by atoms with E-state index < -0.39 is 16.1 Å². The predicted octanol–water partition coefficient (Wildman–Crippen LogP) is 0.830. The maximum absolute atomic E-state index is 12.1. The molecule has 0 aliphatic rings. The molecule has 0 radical (unpaired) electrons. The summed E-state index contributed by atoms with van der Waals surface area (Å²) >= 11 is 0. The second kappa shape index (κ2) is 6.75. The van der Waals surface area contributed by atoms with Crippen LogP contribution in [0.2, 0.25) is 0 Å². The molecular formula is C13H17N5O4S. The molecule has 3 N–H and O–H groups in total. The van der Waals surface area contributed by atoms with E-state index in [9.17, 15) is 13.2 Å². The van der Waals surface area contributed by atoms with E-state index >= 15 is 0 Å². The number of amides is 2. The average molecular weight is 339 g/mol. The van der Waals surface area contributed by atoms with E-state index in [1.165, 1.54) is 4.90 Å². The lowest BCUT2D eigenvalue weighted by molar-refractivity contribution is 0.215. The largest absolute Gasteiger partial charge is 0.424 e. The number of primary sulfonamides is 1. The Morgan fingerprint density at radius 3 is 2.74 bits per heavy atom. The SMILES string of the molecule is Cc1nnc(CN(C)C(=O)Nc2cccc(CS(N)(=O)=O)c2)o1. The Labute approximate surface area is 133 Å². The van der Waals surface area contributed by atoms with Gasteiger partial charge in [-0.25, -0.2) is 18.4 Å². The Balaban J connectivity index is 2.00. The van der Waals surface area contributed by atoms with Crippen molar-refractivity contribution in [2.45, 2.75) is 19.2 Å². The number of nitrogens with one attached hydrogen (secondary N) is 1. The van der Waals surface area contributed by atoms with E-state index in [0.717, 1.165) is 0 Å². The number of hydrogen-bond acceptors (Lipinski definition) is 6. The smallest absolute Gasteiger partial charge is 0.322 e. The Morgan fingerprint density at radius 1 is 1.39 bits per heavy atom. The molecule has 1 heterocycles. The van der Waals surface area contributed by atoms with E-state index in [1.54, 1.807) is 38.2 Å². The van der Waals surface area contributed by atoms with Crippen molar-refractivity contribution in [2.24, 2.45) is 5.14 Å². The Bertz CT molecular complexity index is 802. The third-order valence-electron chi connectivity index (χ3n) is 2.83. The molecule has 1 aromatic heterocycles. The maximum Gasteiger partial charge on any atom is 0.322 e. The van der Waals surface area contributed by atoms with Crippen LogP contribution in [-0.4, -0.2) is 36.6 Å². The van der Waals surface area contributed by atoms with Crippen molar-refractivity contribution in [3.05, 3.63) is 41.6 Å². The van der Waals surface area contributed by atoms with Crippen molar-refractivity contribution in [3.63, 3.8) is 0 Å². The van der Waals surface area contributed by atoms with E-state index in [0.29, 0.717) is 23.0 Å². The van der Waals surface area contributed by atoms with Gasteiger partial charge in [0.05, 0.1) is 5.75 Å². The summed E-state index contributed by atoms with van der Waals surface area (Å²) in [5.74, 6) is 0.445. The van der Waals surface area contributed by atoms with Crippen LogP contribution < -0.4 is 10.5 Å². The summed E-state index contributed by atoms with van der Waals surface area (Å²) in [6.07, 6.45) is 0. The fourth-order valence-electron chi connectivity index (χ4n) is 1.87. The molecule has 10 heteroatoms. The molecule has 124 valence electrons. The van der Waals surface area contributed by atoms with Crippen LogP contribution in [0.3, 0.4) is 0 Å². The minimum atomic E-state index is -3.63. The lowest BCUT2D eigenvalue weighted by Gasteiger charge is -2.16. The lowest BCUT2D eigenvalue weighted by Crippen LogP contribution is -2.31. The summed E-state index contributed by atoms with van der Waals surface area (Å²) in [6.45, 7) is 1.82. The number of benzene rings is 1. The topological polar surface area (TPSA) is 131 Å². The molecule has 0 saturated carbocycles. The molecule has 0 saturated heterocycles. The van der Waals surface area contributed by atoms with Crippen molar-refractivity contribution in [1.82, 2.24) is 15.1 Å². The normalized spacial score (nSPS) is 11.3. The minimum Gasteiger partial charge on any atom is -0.424 e. The van der Waals surface area contributed by atoms with Gasteiger partial charge in [0.25, 0.3) is 0 Å². The summed E-state index contributed by atoms with van der Waals surface area (Å²) in [5, 5.41) is 15.2. The van der Waals surface area contributed by atoms with Crippen molar-refractivity contribution in [1.29, 1.82) is 0 Å². The second-order valence-electron chi connectivity index (χ2n) is 5.01. The number of hydrogen-bond donors (Lipinski definition) is 2. The van der Waals surface area contributed by atoms with Crippen LogP contribution in [0.4, 0.5) is 10.5 Å². The molecule has 0 fully saturated rings. The van der Waals surface area contributed by atoms with Gasteiger partial charge in [-0.1, -0.05) is 12.1 Å². The van der Waals surface area contributed by atoms with Gasteiger partial charge >= 0.3 is 6.03 Å². The fraction of sp³-hybridized carbons (Fsp3) is 0.308. The van der Waals surface area contributed by atoms with Gasteiger partial charge < -0.3 is 14.6 Å². The minimum absolute atomic E-state index is 0.156. The quantitative estimate of drug-likeness (QED) is 0.829. The third kappa shape index (κ3) is 5.34. The highest BCUT2D eigenvalue weighted by Gasteiger charge is 2.13. The zero-order valence-electron chi connectivity index (χ0n) is 12.7. The first-order chi connectivity index (χ1) is 10.7. The highest BCUT2D eigenvalue weighted by molar-refractivity contribution is 7.88. The van der Waals surface area contributed by atoms with Gasteiger partial charge in [0.1, 0.15) is 6.54 Å². The number of aromatic nitrogens is 2. The molecule has 0 spiro atoms. The molecule has 0 unspecified atom stereocenters. The Hall–Kier alpha value is -2.46. The van der Waals surface area contributed by atoms with Crippen LogP contribution >= 0.6 is 0 Å². The number of anilines is 1. The number of nitrogens with two attached hydrogens (primary N) is 1. The van der Waals surface area contributed by atoms with Crippen LogP contribution in [0.5, 0.6) is 0 Å². The maximum atomic E-state index is 12.1. The van der Waals surface area contributed by atoms with Gasteiger partial charge in [0.15, 0.2) is 0 Å². The van der Waals surface area contributed by atoms with Gasteiger partial charge in [0.2, 0.25) is 21.8 Å². The number of carbonyl (C=O) groups is 1. The van der Waals surface area contributed by atoms with E-state index in [-0.39, 0.29) is 12.3 Å². The Morgan fingerprint density at radius 2 is 2.13 bits per heavy atom. The standard InChI is InChI=1S/C13H17N5O4S/c1-9-16-17-12(22-9)7-18(2)13(19)15-11-5-3-4-10(6-11)8-23(14,20)21/h3-6H,7-8H2,1-2H3,(H,15,19)(H2,14,20,21). The van der Waals surface area contributed by atoms with E-state index in [1.807, 2.05) is 0 Å². The van der Waals surface area contributed by atoms with Gasteiger partial charge in [0, 0.05) is 19.7 Å². The molecule has 0 aliphatic heterocycles. The van der Waals surface area contributed by atoms with Crippen LogP contribution in [0.1, 0.15) is 17.3 Å². The number of aryl methyl sites for hydroxylation is 1. The highest BCUT2D eigenvalue weighted by Crippen LogP contribution is 2.13. The number of nitrogens with zero attached hydrogens (tertiary/aromatic N) is 3. The lowest BCUT2D eigenvalue weighted by atomic mass is 10.2. The van der Waals surface area contributed by atoms with E-state index in [4.69, 9.17) is 9.56 Å². The first-order valence-electron chi connectivity index (χ1n) is 6.63. The van der Waals surface area contributed by atoms with Crippen molar-refractivity contribution >= 4 is 21.7 Å². The van der Waals surface area contributed by atoms with Crippen molar-refractivity contribution in [2.75, 3.05) is 12.4 Å². The summed E-state index contributed by atoms with van der Waals surface area (Å²) < 4.78 is 27.4. The van der Waals surface area contributed by atoms with Gasteiger partial charge in [-0.2, -0.15) is 0 Å². The summed E-state index contributed by atoms with van der Waals surface area (Å²) in [7, 11) is -2.06. The fourth-order valence-corrected chi connectivity index (χ4v) is 2.51. The average Bonchev–Trinajstić information content (AvgIpc) is 2.82. The van der Waals surface area contributed by atoms with Crippen molar-refractivity contribution < 1.29 is 17.6 Å². The zero-order chi connectivity index (χ0) is 17.0. The molecule has 1 aromatic carbocycles. The first kappa shape index (κ1) is 16.9. The molecule has 0 atom stereocenters. The van der Waals surface area contributed by atoms with Gasteiger partial charge in [-0.3, -0.25) is 0 Å². The highest BCUT2D eigenvalue weighted by atomic mass is 32.2. The van der Waals surface area contributed by atoms with Crippen LogP contribution in [-0.2, 0) is 22.3 Å². The number of carbonyl (C=O) groups excluding carboxylic acids is 1. The molecule has 2 rings (SSSR count). The summed E-state index contributed by atoms with van der Waals surface area (Å²) in [4.78, 5) is 13.5. The second-order valence-corrected chi connectivity index (χ2v) is 6.62. The third-order valence-corrected chi connectivity index (χ3v) is 3.57. The number of urea groups is 1. The van der Waals surface area contributed by atoms with Crippen LogP contribution in [0.15, 0.2) is 28.7 Å². The monoisotopic (exact) mass is 339 g/mol. The number of rotatable bonds is 5. The number of sulfonamides is 1. The molecule has 2 amide bonds. The van der Waals surface area contributed by atoms with E-state index in [2.05, 4.69) is 15.5 Å². The molecule has 9 nitrogen and oxygen atoms in total. The van der Waals surface area contributed by atoms with Gasteiger partial charge in [-0.05, 0) is 17.7 Å². The molecule has 23 heavy (non-hydrogen) atoms. The summed E-state index contributed by atoms with van der Waals surface area (Å²) in [6, 6.07) is 6.05. The molecule has 0 bridgehead atoms.